The fourth-order valence-corrected chi connectivity index (χ4v) is 1.95. The molecule has 0 amide bonds. The molecule has 5 heteroatoms. The Balaban J connectivity index is 2.05. The summed E-state index contributed by atoms with van der Waals surface area (Å²) in [4.78, 5) is 4.55. The van der Waals surface area contributed by atoms with Crippen molar-refractivity contribution < 1.29 is 4.74 Å². The van der Waals surface area contributed by atoms with Gasteiger partial charge in [-0.25, -0.2) is 4.98 Å². The molecule has 1 fully saturated rings. The topological polar surface area (TPSA) is 59.9 Å². The van der Waals surface area contributed by atoms with Crippen LogP contribution in [-0.2, 0) is 11.2 Å². The first-order valence-corrected chi connectivity index (χ1v) is 6.27. The fourth-order valence-electron chi connectivity index (χ4n) is 1.95. The van der Waals surface area contributed by atoms with Gasteiger partial charge in [0.25, 0.3) is 0 Å². The standard InChI is InChI=1S/C12H20N4O/c1-9(13-2)7-12-15-10(8-14-16-12)11-5-3-4-6-17-11/h8-9,11,13H,3-7H2,1-2H3. The van der Waals surface area contributed by atoms with E-state index in [0.29, 0.717) is 6.04 Å². The molecule has 0 aromatic carbocycles. The van der Waals surface area contributed by atoms with E-state index in [0.717, 1.165) is 37.4 Å². The molecule has 5 nitrogen and oxygen atoms in total. The summed E-state index contributed by atoms with van der Waals surface area (Å²) in [6, 6.07) is 0.360. The summed E-state index contributed by atoms with van der Waals surface area (Å²) in [5.41, 5.74) is 0.929. The van der Waals surface area contributed by atoms with E-state index in [9.17, 15) is 0 Å². The minimum Gasteiger partial charge on any atom is -0.372 e. The number of hydrogen-bond acceptors (Lipinski definition) is 5. The number of aromatic nitrogens is 3. The van der Waals surface area contributed by atoms with Gasteiger partial charge < -0.3 is 10.1 Å². The van der Waals surface area contributed by atoms with Gasteiger partial charge in [-0.3, -0.25) is 0 Å². The zero-order valence-corrected chi connectivity index (χ0v) is 10.5. The first-order valence-electron chi connectivity index (χ1n) is 6.27. The first-order chi connectivity index (χ1) is 8.29. The number of ether oxygens (including phenoxy) is 1. The molecule has 0 bridgehead atoms. The van der Waals surface area contributed by atoms with Crippen LogP contribution in [0.15, 0.2) is 6.20 Å². The summed E-state index contributed by atoms with van der Waals surface area (Å²) in [6.07, 6.45) is 6.03. The minimum atomic E-state index is 0.114. The highest BCUT2D eigenvalue weighted by Crippen LogP contribution is 2.25. The molecule has 1 aliphatic rings. The maximum atomic E-state index is 5.70. The predicted molar refractivity (Wildman–Crippen MR) is 64.6 cm³/mol. The maximum Gasteiger partial charge on any atom is 0.152 e. The molecule has 0 saturated carbocycles. The molecule has 2 unspecified atom stereocenters. The normalized spacial score (nSPS) is 22.4. The molecule has 1 aromatic heterocycles. The van der Waals surface area contributed by atoms with E-state index in [1.54, 1.807) is 6.20 Å². The van der Waals surface area contributed by atoms with Crippen LogP contribution in [0.25, 0.3) is 0 Å². The number of hydrogen-bond donors (Lipinski definition) is 1. The number of rotatable bonds is 4. The molecule has 0 aliphatic carbocycles. The van der Waals surface area contributed by atoms with E-state index in [1.165, 1.54) is 6.42 Å². The quantitative estimate of drug-likeness (QED) is 0.853. The number of nitrogens with zero attached hydrogens (tertiary/aromatic N) is 3. The molecule has 17 heavy (non-hydrogen) atoms. The van der Waals surface area contributed by atoms with Crippen LogP contribution in [0.5, 0.6) is 0 Å². The van der Waals surface area contributed by atoms with Gasteiger partial charge in [0.2, 0.25) is 0 Å². The summed E-state index contributed by atoms with van der Waals surface area (Å²) >= 11 is 0. The van der Waals surface area contributed by atoms with E-state index in [1.807, 2.05) is 7.05 Å². The van der Waals surface area contributed by atoms with Gasteiger partial charge in [0.05, 0.1) is 11.9 Å². The Morgan fingerprint density at radius 2 is 2.41 bits per heavy atom. The lowest BCUT2D eigenvalue weighted by molar-refractivity contribution is 0.0118. The van der Waals surface area contributed by atoms with E-state index >= 15 is 0 Å². The summed E-state index contributed by atoms with van der Waals surface area (Å²) in [7, 11) is 1.94. The molecule has 1 saturated heterocycles. The molecule has 2 atom stereocenters. The van der Waals surface area contributed by atoms with Crippen LogP contribution < -0.4 is 5.32 Å². The fraction of sp³-hybridized carbons (Fsp3) is 0.750. The molecule has 0 spiro atoms. The third-order valence-electron chi connectivity index (χ3n) is 3.11. The van der Waals surface area contributed by atoms with Crippen LogP contribution >= 0.6 is 0 Å². The van der Waals surface area contributed by atoms with Crippen LogP contribution in [0.3, 0.4) is 0 Å². The summed E-state index contributed by atoms with van der Waals surface area (Å²) < 4.78 is 5.70. The van der Waals surface area contributed by atoms with Gasteiger partial charge in [-0.2, -0.15) is 5.10 Å². The van der Waals surface area contributed by atoms with Gasteiger partial charge in [0.1, 0.15) is 6.10 Å². The van der Waals surface area contributed by atoms with Crippen molar-refractivity contribution in [1.82, 2.24) is 20.5 Å². The average molecular weight is 236 g/mol. The van der Waals surface area contributed by atoms with Crippen molar-refractivity contribution >= 4 is 0 Å². The van der Waals surface area contributed by atoms with E-state index < -0.39 is 0 Å². The number of nitrogens with one attached hydrogen (secondary N) is 1. The zero-order chi connectivity index (χ0) is 12.1. The molecule has 1 N–H and O–H groups in total. The van der Waals surface area contributed by atoms with Gasteiger partial charge >= 0.3 is 0 Å². The lowest BCUT2D eigenvalue weighted by Crippen LogP contribution is -2.25. The average Bonchev–Trinajstić information content (AvgIpc) is 2.40. The summed E-state index contributed by atoms with van der Waals surface area (Å²) in [5.74, 6) is 0.790. The molecular weight excluding hydrogens is 216 g/mol. The number of likely N-dealkylation sites (N-methyl/N-ethyl adjacent to an activating group) is 1. The Labute approximate surface area is 102 Å². The molecule has 94 valence electrons. The van der Waals surface area contributed by atoms with Crippen molar-refractivity contribution in [2.75, 3.05) is 13.7 Å². The van der Waals surface area contributed by atoms with Crippen molar-refractivity contribution in [3.05, 3.63) is 17.7 Å². The highest BCUT2D eigenvalue weighted by Gasteiger charge is 2.18. The summed E-state index contributed by atoms with van der Waals surface area (Å²) in [5, 5.41) is 11.3. The Morgan fingerprint density at radius 3 is 3.12 bits per heavy atom. The van der Waals surface area contributed by atoms with Crippen molar-refractivity contribution in [2.45, 2.75) is 44.8 Å². The second kappa shape index (κ2) is 6.02. The van der Waals surface area contributed by atoms with Gasteiger partial charge in [-0.15, -0.1) is 5.10 Å². The Hall–Kier alpha value is -1.07. The highest BCUT2D eigenvalue weighted by molar-refractivity contribution is 5.02. The molecule has 0 radical (unpaired) electrons. The van der Waals surface area contributed by atoms with Crippen LogP contribution in [0.4, 0.5) is 0 Å². The summed E-state index contributed by atoms with van der Waals surface area (Å²) in [6.45, 7) is 2.93. The van der Waals surface area contributed by atoms with Crippen LogP contribution in [0.2, 0.25) is 0 Å². The van der Waals surface area contributed by atoms with Crippen molar-refractivity contribution in [3.8, 4) is 0 Å². The highest BCUT2D eigenvalue weighted by atomic mass is 16.5. The molecular formula is C12H20N4O. The lowest BCUT2D eigenvalue weighted by Gasteiger charge is -2.21. The maximum absolute atomic E-state index is 5.70. The van der Waals surface area contributed by atoms with Crippen LogP contribution in [-0.4, -0.2) is 34.9 Å². The second-order valence-corrected chi connectivity index (χ2v) is 4.55. The second-order valence-electron chi connectivity index (χ2n) is 4.55. The Bertz CT molecular complexity index is 352. The van der Waals surface area contributed by atoms with E-state index in [-0.39, 0.29) is 6.10 Å². The zero-order valence-electron chi connectivity index (χ0n) is 10.5. The van der Waals surface area contributed by atoms with E-state index in [4.69, 9.17) is 4.74 Å². The molecule has 2 rings (SSSR count). The van der Waals surface area contributed by atoms with Gasteiger partial charge in [0.15, 0.2) is 5.82 Å². The van der Waals surface area contributed by atoms with Crippen LogP contribution in [0.1, 0.15) is 43.8 Å². The van der Waals surface area contributed by atoms with Crippen LogP contribution in [0, 0.1) is 0 Å². The van der Waals surface area contributed by atoms with Crippen molar-refractivity contribution in [1.29, 1.82) is 0 Å². The third-order valence-corrected chi connectivity index (χ3v) is 3.11. The monoisotopic (exact) mass is 236 g/mol. The Kier molecular flexibility index (Phi) is 4.39. The van der Waals surface area contributed by atoms with Crippen molar-refractivity contribution in [3.63, 3.8) is 0 Å². The smallest absolute Gasteiger partial charge is 0.152 e. The lowest BCUT2D eigenvalue weighted by atomic mass is 10.1. The molecule has 1 aromatic rings. The van der Waals surface area contributed by atoms with Gasteiger partial charge in [-0.05, 0) is 33.2 Å². The SMILES string of the molecule is CNC(C)Cc1nncc(C2CCCCO2)n1. The van der Waals surface area contributed by atoms with Gasteiger partial charge in [-0.1, -0.05) is 0 Å². The molecule has 2 heterocycles. The van der Waals surface area contributed by atoms with E-state index in [2.05, 4.69) is 27.4 Å². The largest absolute Gasteiger partial charge is 0.372 e. The predicted octanol–water partition coefficient (Wildman–Crippen LogP) is 1.26. The van der Waals surface area contributed by atoms with Crippen molar-refractivity contribution in [2.24, 2.45) is 0 Å². The Morgan fingerprint density at radius 1 is 1.53 bits per heavy atom. The minimum absolute atomic E-state index is 0.114. The molecule has 1 aliphatic heterocycles. The third kappa shape index (κ3) is 3.44. The van der Waals surface area contributed by atoms with Gasteiger partial charge in [0, 0.05) is 19.1 Å². The first kappa shape index (κ1) is 12.4.